The Bertz CT molecular complexity index is 287. The van der Waals surface area contributed by atoms with Gasteiger partial charge in [0.15, 0.2) is 6.07 Å². The fraction of sp³-hybridized carbons (Fsp3) is 0. The number of carbonyl (C=O) groups is 1. The minimum absolute atomic E-state index is 0.388. The van der Waals surface area contributed by atoms with E-state index in [-0.39, 0.29) is 0 Å². The minimum atomic E-state index is -0.892. The lowest BCUT2D eigenvalue weighted by Gasteiger charge is -1.95. The molecular formula is C8H5NO2. The molecule has 0 bridgehead atoms. The number of para-hydroxylation sites is 1. The van der Waals surface area contributed by atoms with Crippen molar-refractivity contribution >= 4 is 5.97 Å². The second-order valence-corrected chi connectivity index (χ2v) is 1.81. The Morgan fingerprint density at radius 2 is 2.00 bits per heavy atom. The Morgan fingerprint density at radius 3 is 2.55 bits per heavy atom. The quantitative estimate of drug-likeness (QED) is 0.339. The summed E-state index contributed by atoms with van der Waals surface area (Å²) < 4.78 is 4.56. The molecule has 0 aromatic heterocycles. The molecule has 11 heavy (non-hydrogen) atoms. The summed E-state index contributed by atoms with van der Waals surface area (Å²) in [6.45, 7) is 0. The zero-order chi connectivity index (χ0) is 8.10. The molecule has 0 saturated heterocycles. The van der Waals surface area contributed by atoms with Crippen molar-refractivity contribution in [2.24, 2.45) is 0 Å². The normalized spacial score (nSPS) is 8.27. The van der Waals surface area contributed by atoms with Gasteiger partial charge in [-0.2, -0.15) is 5.26 Å². The molecule has 0 heterocycles. The van der Waals surface area contributed by atoms with E-state index < -0.39 is 5.97 Å². The lowest BCUT2D eigenvalue weighted by molar-refractivity contribution is -0.128. The van der Waals surface area contributed by atoms with Crippen molar-refractivity contribution in [3.63, 3.8) is 0 Å². The Kier molecular flexibility index (Phi) is 2.24. The van der Waals surface area contributed by atoms with E-state index in [1.54, 1.807) is 30.3 Å². The monoisotopic (exact) mass is 147 g/mol. The van der Waals surface area contributed by atoms with Crippen molar-refractivity contribution in [1.29, 1.82) is 5.26 Å². The smallest absolute Gasteiger partial charge is 0.415 e. The van der Waals surface area contributed by atoms with Crippen molar-refractivity contribution in [1.82, 2.24) is 0 Å². The molecule has 0 fully saturated rings. The molecule has 3 nitrogen and oxygen atoms in total. The van der Waals surface area contributed by atoms with Crippen LogP contribution in [0.15, 0.2) is 30.3 Å². The number of esters is 1. The van der Waals surface area contributed by atoms with E-state index >= 15 is 0 Å². The molecule has 0 N–H and O–H groups in total. The van der Waals surface area contributed by atoms with Crippen LogP contribution in [0.3, 0.4) is 0 Å². The van der Waals surface area contributed by atoms with E-state index in [2.05, 4.69) is 4.74 Å². The third-order valence-electron chi connectivity index (χ3n) is 1.05. The molecule has 1 rings (SSSR count). The van der Waals surface area contributed by atoms with Gasteiger partial charge in [0.25, 0.3) is 0 Å². The van der Waals surface area contributed by atoms with Gasteiger partial charge in [-0.25, -0.2) is 4.79 Å². The van der Waals surface area contributed by atoms with Gasteiger partial charge in [0.1, 0.15) is 5.75 Å². The van der Waals surface area contributed by atoms with Crippen molar-refractivity contribution < 1.29 is 9.53 Å². The third-order valence-corrected chi connectivity index (χ3v) is 1.05. The Balaban J connectivity index is 2.67. The van der Waals surface area contributed by atoms with Gasteiger partial charge in [0, 0.05) is 0 Å². The van der Waals surface area contributed by atoms with Gasteiger partial charge in [0.2, 0.25) is 0 Å². The fourth-order valence-electron chi connectivity index (χ4n) is 0.618. The molecule has 3 heteroatoms. The number of rotatable bonds is 1. The van der Waals surface area contributed by atoms with Crippen molar-refractivity contribution in [3.8, 4) is 11.8 Å². The van der Waals surface area contributed by atoms with Crippen LogP contribution in [0.5, 0.6) is 5.75 Å². The SMILES string of the molecule is N#CC(=O)Oc1ccccc1. The van der Waals surface area contributed by atoms with Crippen LogP contribution in [0.25, 0.3) is 0 Å². The highest BCUT2D eigenvalue weighted by molar-refractivity contribution is 5.87. The van der Waals surface area contributed by atoms with Crippen LogP contribution < -0.4 is 4.74 Å². The lowest BCUT2D eigenvalue weighted by Crippen LogP contribution is -2.03. The molecule has 0 aliphatic rings. The number of benzene rings is 1. The van der Waals surface area contributed by atoms with Crippen LogP contribution in [0, 0.1) is 11.3 Å². The topological polar surface area (TPSA) is 50.1 Å². The van der Waals surface area contributed by atoms with Gasteiger partial charge >= 0.3 is 5.97 Å². The summed E-state index contributed by atoms with van der Waals surface area (Å²) in [5.41, 5.74) is 0. The highest BCUT2D eigenvalue weighted by atomic mass is 16.5. The van der Waals surface area contributed by atoms with E-state index in [4.69, 9.17) is 5.26 Å². The predicted octanol–water partition coefficient (Wildman–Crippen LogP) is 1.12. The predicted molar refractivity (Wildman–Crippen MR) is 37.7 cm³/mol. The average Bonchev–Trinajstić information content (AvgIpc) is 2.06. The molecule has 0 atom stereocenters. The number of carbonyl (C=O) groups excluding carboxylic acids is 1. The zero-order valence-corrected chi connectivity index (χ0v) is 5.65. The Labute approximate surface area is 63.8 Å². The van der Waals surface area contributed by atoms with Crippen LogP contribution >= 0.6 is 0 Å². The molecule has 0 radical (unpaired) electrons. The standard InChI is InChI=1S/C8H5NO2/c9-6-8(10)11-7-4-2-1-3-5-7/h1-5H. The largest absolute Gasteiger partial charge is 0.416 e. The number of ether oxygens (including phenoxy) is 1. The van der Waals surface area contributed by atoms with E-state index in [0.717, 1.165) is 0 Å². The molecule has 0 unspecified atom stereocenters. The number of hydrogen-bond acceptors (Lipinski definition) is 3. The molecule has 0 saturated carbocycles. The summed E-state index contributed by atoms with van der Waals surface area (Å²) >= 11 is 0. The number of nitriles is 1. The molecular weight excluding hydrogens is 142 g/mol. The van der Waals surface area contributed by atoms with E-state index in [0.29, 0.717) is 5.75 Å². The first kappa shape index (κ1) is 7.29. The zero-order valence-electron chi connectivity index (χ0n) is 5.65. The average molecular weight is 147 g/mol. The summed E-state index contributed by atoms with van der Waals surface area (Å²) in [5, 5.41) is 8.07. The number of hydrogen-bond donors (Lipinski definition) is 0. The van der Waals surface area contributed by atoms with E-state index in [1.165, 1.54) is 6.07 Å². The summed E-state index contributed by atoms with van der Waals surface area (Å²) in [6.07, 6.45) is 0. The van der Waals surface area contributed by atoms with Gasteiger partial charge in [-0.15, -0.1) is 0 Å². The van der Waals surface area contributed by atoms with Crippen molar-refractivity contribution in [3.05, 3.63) is 30.3 Å². The van der Waals surface area contributed by atoms with Crippen LogP contribution in [0.1, 0.15) is 0 Å². The van der Waals surface area contributed by atoms with Crippen LogP contribution in [-0.2, 0) is 4.79 Å². The van der Waals surface area contributed by atoms with Crippen LogP contribution in [0.2, 0.25) is 0 Å². The van der Waals surface area contributed by atoms with Gasteiger partial charge < -0.3 is 4.74 Å². The molecule has 54 valence electrons. The third kappa shape index (κ3) is 2.11. The first-order chi connectivity index (χ1) is 5.33. The Morgan fingerprint density at radius 1 is 1.36 bits per heavy atom. The highest BCUT2D eigenvalue weighted by Gasteiger charge is 1.99. The molecule has 0 aliphatic carbocycles. The van der Waals surface area contributed by atoms with Gasteiger partial charge in [0.05, 0.1) is 0 Å². The lowest BCUT2D eigenvalue weighted by atomic mass is 10.3. The maximum absolute atomic E-state index is 10.4. The summed E-state index contributed by atoms with van der Waals surface area (Å²) in [5.74, 6) is -0.504. The maximum atomic E-state index is 10.4. The van der Waals surface area contributed by atoms with Crippen LogP contribution in [-0.4, -0.2) is 5.97 Å². The van der Waals surface area contributed by atoms with Crippen LogP contribution in [0.4, 0.5) is 0 Å². The van der Waals surface area contributed by atoms with Gasteiger partial charge in [-0.1, -0.05) is 18.2 Å². The molecule has 0 spiro atoms. The Hall–Kier alpha value is -1.82. The van der Waals surface area contributed by atoms with Gasteiger partial charge in [-0.05, 0) is 12.1 Å². The first-order valence-electron chi connectivity index (χ1n) is 3.00. The first-order valence-corrected chi connectivity index (χ1v) is 3.00. The van der Waals surface area contributed by atoms with Crippen molar-refractivity contribution in [2.75, 3.05) is 0 Å². The van der Waals surface area contributed by atoms with Crippen molar-refractivity contribution in [2.45, 2.75) is 0 Å². The molecule has 1 aromatic rings. The summed E-state index contributed by atoms with van der Waals surface area (Å²) in [6, 6.07) is 9.80. The fourth-order valence-corrected chi connectivity index (χ4v) is 0.618. The molecule has 1 aromatic carbocycles. The maximum Gasteiger partial charge on any atom is 0.416 e. The molecule has 0 aliphatic heterocycles. The van der Waals surface area contributed by atoms with E-state index in [9.17, 15) is 4.79 Å². The second kappa shape index (κ2) is 3.37. The van der Waals surface area contributed by atoms with Gasteiger partial charge in [-0.3, -0.25) is 0 Å². The van der Waals surface area contributed by atoms with E-state index in [1.807, 2.05) is 0 Å². The summed E-state index contributed by atoms with van der Waals surface area (Å²) in [4.78, 5) is 10.4. The summed E-state index contributed by atoms with van der Waals surface area (Å²) in [7, 11) is 0. The second-order valence-electron chi connectivity index (χ2n) is 1.81. The molecule has 0 amide bonds. The minimum Gasteiger partial charge on any atom is -0.415 e. The number of nitrogens with zero attached hydrogens (tertiary/aromatic N) is 1. The highest BCUT2D eigenvalue weighted by Crippen LogP contribution is 2.07.